The van der Waals surface area contributed by atoms with E-state index in [1.54, 1.807) is 29.5 Å². The molecule has 0 bridgehead atoms. The minimum absolute atomic E-state index is 0.231. The van der Waals surface area contributed by atoms with Gasteiger partial charge in [0.15, 0.2) is 0 Å². The van der Waals surface area contributed by atoms with Gasteiger partial charge in [0.2, 0.25) is 4.80 Å². The fourth-order valence-electron chi connectivity index (χ4n) is 2.67. The molecule has 2 aromatic rings. The smallest absolute Gasteiger partial charge is 0.206 e. The minimum atomic E-state index is -0.231. The van der Waals surface area contributed by atoms with Crippen LogP contribution in [0.4, 0.5) is 4.39 Å². The third kappa shape index (κ3) is 3.85. The van der Waals surface area contributed by atoms with Crippen LogP contribution in [0.15, 0.2) is 52.4 Å². The summed E-state index contributed by atoms with van der Waals surface area (Å²) in [6.45, 7) is 4.28. The highest BCUT2D eigenvalue weighted by Crippen LogP contribution is 2.22. The number of halogens is 1. The molecule has 0 saturated heterocycles. The monoisotopic (exact) mass is 329 g/mol. The molecule has 0 radical (unpaired) electrons. The first kappa shape index (κ1) is 15.9. The first-order valence-electron chi connectivity index (χ1n) is 7.92. The van der Waals surface area contributed by atoms with E-state index < -0.39 is 0 Å². The van der Waals surface area contributed by atoms with Gasteiger partial charge in [0.05, 0.1) is 12.2 Å². The van der Waals surface area contributed by atoms with Crippen LogP contribution in [0.2, 0.25) is 0 Å². The van der Waals surface area contributed by atoms with Gasteiger partial charge in [-0.05, 0) is 49.9 Å². The van der Waals surface area contributed by atoms with Crippen LogP contribution in [-0.2, 0) is 0 Å². The third-order valence-electron chi connectivity index (χ3n) is 3.85. The van der Waals surface area contributed by atoms with Crippen LogP contribution < -0.4 is 4.80 Å². The summed E-state index contributed by atoms with van der Waals surface area (Å²) in [6.07, 6.45) is 7.56. The van der Waals surface area contributed by atoms with Crippen molar-refractivity contribution in [2.24, 2.45) is 10.1 Å². The fourth-order valence-corrected chi connectivity index (χ4v) is 3.51. The molecule has 0 atom stereocenters. The highest BCUT2D eigenvalue weighted by atomic mass is 32.1. The van der Waals surface area contributed by atoms with Gasteiger partial charge in [0.1, 0.15) is 5.82 Å². The SMILES string of the molecule is C=CCN=c1scc(-c2ccc(F)cc2)n1N=C1CCCCC1. The van der Waals surface area contributed by atoms with Crippen molar-refractivity contribution < 1.29 is 4.39 Å². The number of nitrogens with zero attached hydrogens (tertiary/aromatic N) is 3. The number of thiazole rings is 1. The molecule has 1 aliphatic rings. The maximum atomic E-state index is 13.2. The van der Waals surface area contributed by atoms with Gasteiger partial charge >= 0.3 is 0 Å². The molecule has 23 heavy (non-hydrogen) atoms. The summed E-state index contributed by atoms with van der Waals surface area (Å²) in [7, 11) is 0. The molecule has 3 rings (SSSR count). The lowest BCUT2D eigenvalue weighted by molar-refractivity contribution is 0.628. The van der Waals surface area contributed by atoms with Gasteiger partial charge in [-0.1, -0.05) is 12.5 Å². The van der Waals surface area contributed by atoms with Crippen molar-refractivity contribution in [2.45, 2.75) is 32.1 Å². The maximum absolute atomic E-state index is 13.2. The lowest BCUT2D eigenvalue weighted by atomic mass is 9.99. The molecule has 0 unspecified atom stereocenters. The molecule has 1 saturated carbocycles. The zero-order valence-corrected chi connectivity index (χ0v) is 13.9. The Morgan fingerprint density at radius 2 is 1.91 bits per heavy atom. The van der Waals surface area contributed by atoms with Gasteiger partial charge in [0.25, 0.3) is 0 Å². The summed E-state index contributed by atoms with van der Waals surface area (Å²) < 4.78 is 15.1. The standard InChI is InChI=1S/C18H20FN3S/c1-2-12-20-18-22(21-16-6-4-3-5-7-16)17(13-23-18)14-8-10-15(19)11-9-14/h2,8-11,13H,1,3-7,12H2. The minimum Gasteiger partial charge on any atom is -0.253 e. The Balaban J connectivity index is 2.07. The highest BCUT2D eigenvalue weighted by molar-refractivity contribution is 7.07. The van der Waals surface area contributed by atoms with E-state index in [-0.39, 0.29) is 5.82 Å². The molecule has 0 amide bonds. The molecule has 1 heterocycles. The highest BCUT2D eigenvalue weighted by Gasteiger charge is 2.11. The molecular formula is C18H20FN3S. The number of rotatable bonds is 4. The second kappa shape index (κ2) is 7.51. The van der Waals surface area contributed by atoms with Crippen molar-refractivity contribution >= 4 is 17.0 Å². The van der Waals surface area contributed by atoms with Crippen LogP contribution >= 0.6 is 11.3 Å². The topological polar surface area (TPSA) is 29.6 Å². The summed E-state index contributed by atoms with van der Waals surface area (Å²) in [5.41, 5.74) is 3.12. The predicted octanol–water partition coefficient (Wildman–Crippen LogP) is 4.61. The number of benzene rings is 1. The molecule has 120 valence electrons. The van der Waals surface area contributed by atoms with E-state index in [0.717, 1.165) is 28.9 Å². The molecule has 0 N–H and O–H groups in total. The average Bonchev–Trinajstić information content (AvgIpc) is 2.97. The molecule has 0 spiro atoms. The number of aromatic nitrogens is 1. The average molecular weight is 329 g/mol. The van der Waals surface area contributed by atoms with Crippen LogP contribution in [0, 0.1) is 5.82 Å². The molecule has 1 aliphatic carbocycles. The van der Waals surface area contributed by atoms with E-state index >= 15 is 0 Å². The molecule has 0 aliphatic heterocycles. The Morgan fingerprint density at radius 1 is 1.17 bits per heavy atom. The van der Waals surface area contributed by atoms with Crippen LogP contribution in [0.5, 0.6) is 0 Å². The lowest BCUT2D eigenvalue weighted by Gasteiger charge is -2.13. The second-order valence-electron chi connectivity index (χ2n) is 5.58. The Morgan fingerprint density at radius 3 is 2.61 bits per heavy atom. The molecule has 3 nitrogen and oxygen atoms in total. The first-order valence-corrected chi connectivity index (χ1v) is 8.80. The molecule has 1 fully saturated rings. The Hall–Kier alpha value is -2.01. The van der Waals surface area contributed by atoms with Crippen molar-refractivity contribution in [2.75, 3.05) is 6.54 Å². The molecule has 5 heteroatoms. The van der Waals surface area contributed by atoms with E-state index in [1.807, 2.05) is 10.1 Å². The van der Waals surface area contributed by atoms with Gasteiger partial charge < -0.3 is 0 Å². The molecule has 1 aromatic carbocycles. The van der Waals surface area contributed by atoms with Gasteiger partial charge in [-0.15, -0.1) is 17.9 Å². The van der Waals surface area contributed by atoms with Crippen molar-refractivity contribution in [3.8, 4) is 11.3 Å². The van der Waals surface area contributed by atoms with Gasteiger partial charge in [-0.2, -0.15) is 5.10 Å². The van der Waals surface area contributed by atoms with Crippen molar-refractivity contribution in [3.05, 3.63) is 52.9 Å². The first-order chi connectivity index (χ1) is 11.3. The lowest BCUT2D eigenvalue weighted by Crippen LogP contribution is -2.16. The van der Waals surface area contributed by atoms with E-state index in [0.29, 0.717) is 6.54 Å². The maximum Gasteiger partial charge on any atom is 0.206 e. The summed E-state index contributed by atoms with van der Waals surface area (Å²) in [5.74, 6) is -0.231. The number of hydrogen-bond acceptors (Lipinski definition) is 3. The normalized spacial score (nSPS) is 15.7. The van der Waals surface area contributed by atoms with Crippen molar-refractivity contribution in [1.82, 2.24) is 4.68 Å². The van der Waals surface area contributed by atoms with Crippen molar-refractivity contribution in [3.63, 3.8) is 0 Å². The quantitative estimate of drug-likeness (QED) is 0.733. The van der Waals surface area contributed by atoms with Crippen LogP contribution in [0.1, 0.15) is 32.1 Å². The van der Waals surface area contributed by atoms with E-state index in [2.05, 4.69) is 11.6 Å². The third-order valence-corrected chi connectivity index (χ3v) is 4.71. The van der Waals surface area contributed by atoms with Crippen LogP contribution in [0.25, 0.3) is 11.3 Å². The molecule has 1 aromatic heterocycles. The summed E-state index contributed by atoms with van der Waals surface area (Å²) >= 11 is 1.55. The van der Waals surface area contributed by atoms with Crippen LogP contribution in [-0.4, -0.2) is 16.9 Å². The number of hydrogen-bond donors (Lipinski definition) is 0. The Kier molecular flexibility index (Phi) is 5.18. The summed E-state index contributed by atoms with van der Waals surface area (Å²) in [4.78, 5) is 5.39. The zero-order valence-electron chi connectivity index (χ0n) is 13.0. The van der Waals surface area contributed by atoms with E-state index in [9.17, 15) is 4.39 Å². The predicted molar refractivity (Wildman–Crippen MR) is 94.2 cm³/mol. The van der Waals surface area contributed by atoms with Crippen molar-refractivity contribution in [1.29, 1.82) is 0 Å². The fraction of sp³-hybridized carbons (Fsp3) is 0.333. The zero-order chi connectivity index (χ0) is 16.1. The van der Waals surface area contributed by atoms with Gasteiger partial charge in [0, 0.05) is 16.7 Å². The Labute approximate surface area is 139 Å². The largest absolute Gasteiger partial charge is 0.253 e. The second-order valence-corrected chi connectivity index (χ2v) is 6.42. The van der Waals surface area contributed by atoms with E-state index in [4.69, 9.17) is 5.10 Å². The van der Waals surface area contributed by atoms with Gasteiger partial charge in [-0.3, -0.25) is 4.99 Å². The Bertz CT molecular complexity index is 760. The molecular weight excluding hydrogens is 309 g/mol. The summed E-state index contributed by atoms with van der Waals surface area (Å²) in [6, 6.07) is 6.52. The van der Waals surface area contributed by atoms with E-state index in [1.165, 1.54) is 37.1 Å². The summed E-state index contributed by atoms with van der Waals surface area (Å²) in [5, 5.41) is 6.88. The van der Waals surface area contributed by atoms with Gasteiger partial charge in [-0.25, -0.2) is 9.07 Å². The van der Waals surface area contributed by atoms with Crippen LogP contribution in [0.3, 0.4) is 0 Å².